The van der Waals surface area contributed by atoms with Gasteiger partial charge in [-0.25, -0.2) is 0 Å². The number of carbonyl (C=O) groups excluding carboxylic acids is 1. The molecule has 0 radical (unpaired) electrons. The largest absolute Gasteiger partial charge is 0.494 e. The maximum absolute atomic E-state index is 12.1. The smallest absolute Gasteiger partial charge is 0.277 e. The van der Waals surface area contributed by atoms with Crippen LogP contribution in [-0.2, 0) is 4.79 Å². The molecule has 136 valence electrons. The molecule has 1 amide bonds. The molecular weight excluding hydrogens is 370 g/mol. The zero-order valence-electron chi connectivity index (χ0n) is 14.5. The maximum Gasteiger partial charge on any atom is 0.277 e. The van der Waals surface area contributed by atoms with Crippen LogP contribution in [0.15, 0.2) is 51.4 Å². The number of hydrogen-bond acceptors (Lipinski definition) is 7. The number of nitrogens with zero attached hydrogens (tertiary/aromatic N) is 2. The van der Waals surface area contributed by atoms with Crippen LogP contribution in [0.25, 0.3) is 11.5 Å². The summed E-state index contributed by atoms with van der Waals surface area (Å²) in [7, 11) is 0. The molecule has 0 unspecified atom stereocenters. The van der Waals surface area contributed by atoms with Gasteiger partial charge in [0.2, 0.25) is 11.8 Å². The molecule has 8 heteroatoms. The molecule has 0 aliphatic carbocycles. The van der Waals surface area contributed by atoms with Crippen molar-refractivity contribution in [3.05, 3.63) is 46.7 Å². The Kier molecular flexibility index (Phi) is 6.30. The summed E-state index contributed by atoms with van der Waals surface area (Å²) in [5.41, 5.74) is 0.809. The second-order valence-corrected chi connectivity index (χ2v) is 7.33. The van der Waals surface area contributed by atoms with Gasteiger partial charge in [-0.3, -0.25) is 4.79 Å². The number of benzene rings is 1. The number of rotatable bonds is 8. The predicted molar refractivity (Wildman–Crippen MR) is 103 cm³/mol. The van der Waals surface area contributed by atoms with E-state index in [4.69, 9.17) is 9.15 Å². The molecule has 6 nitrogen and oxygen atoms in total. The summed E-state index contributed by atoms with van der Waals surface area (Å²) in [6, 6.07) is 11.4. The second kappa shape index (κ2) is 8.86. The lowest BCUT2D eigenvalue weighted by molar-refractivity contribution is -0.119. The first-order valence-corrected chi connectivity index (χ1v) is 10.0. The fraction of sp³-hybridized carbons (Fsp3) is 0.278. The fourth-order valence-electron chi connectivity index (χ4n) is 2.26. The minimum absolute atomic E-state index is 0.00907. The number of hydrogen-bond donors (Lipinski definition) is 1. The topological polar surface area (TPSA) is 77.2 Å². The SMILES string of the molecule is CCOc1ccc(-c2nnc(SCC(=O)N[C@H](C)c3cccs3)o2)cc1. The van der Waals surface area contributed by atoms with Gasteiger partial charge in [-0.2, -0.15) is 0 Å². The summed E-state index contributed by atoms with van der Waals surface area (Å²) in [5, 5.41) is 13.3. The summed E-state index contributed by atoms with van der Waals surface area (Å²) in [4.78, 5) is 13.2. The van der Waals surface area contributed by atoms with Crippen molar-refractivity contribution in [1.82, 2.24) is 15.5 Å². The van der Waals surface area contributed by atoms with Gasteiger partial charge < -0.3 is 14.5 Å². The number of thioether (sulfide) groups is 1. The molecule has 0 saturated carbocycles. The molecule has 3 rings (SSSR count). The van der Waals surface area contributed by atoms with E-state index in [1.165, 1.54) is 11.8 Å². The van der Waals surface area contributed by atoms with Crippen molar-refractivity contribution in [3.63, 3.8) is 0 Å². The summed E-state index contributed by atoms with van der Waals surface area (Å²) < 4.78 is 11.0. The highest BCUT2D eigenvalue weighted by Crippen LogP contribution is 2.25. The zero-order chi connectivity index (χ0) is 18.4. The molecule has 0 spiro atoms. The van der Waals surface area contributed by atoms with Crippen molar-refractivity contribution in [2.24, 2.45) is 0 Å². The minimum atomic E-state index is -0.0725. The Morgan fingerprint density at radius 1 is 1.31 bits per heavy atom. The van der Waals surface area contributed by atoms with Gasteiger partial charge in [0, 0.05) is 10.4 Å². The molecule has 1 N–H and O–H groups in total. The molecule has 1 atom stereocenters. The third-order valence-corrected chi connectivity index (χ3v) is 5.37. The average Bonchev–Trinajstić information content (AvgIpc) is 3.33. The zero-order valence-corrected chi connectivity index (χ0v) is 16.1. The lowest BCUT2D eigenvalue weighted by Gasteiger charge is -2.11. The molecule has 26 heavy (non-hydrogen) atoms. The highest BCUT2D eigenvalue weighted by Gasteiger charge is 2.14. The molecule has 0 bridgehead atoms. The molecule has 0 saturated heterocycles. The molecule has 0 fully saturated rings. The number of nitrogens with one attached hydrogen (secondary N) is 1. The Morgan fingerprint density at radius 3 is 2.81 bits per heavy atom. The van der Waals surface area contributed by atoms with Crippen molar-refractivity contribution < 1.29 is 13.9 Å². The fourth-order valence-corrected chi connectivity index (χ4v) is 3.57. The summed E-state index contributed by atoms with van der Waals surface area (Å²) in [6.45, 7) is 4.52. The number of thiophene rings is 1. The van der Waals surface area contributed by atoms with Gasteiger partial charge in [0.15, 0.2) is 0 Å². The van der Waals surface area contributed by atoms with E-state index in [9.17, 15) is 4.79 Å². The minimum Gasteiger partial charge on any atom is -0.494 e. The highest BCUT2D eigenvalue weighted by molar-refractivity contribution is 7.99. The third kappa shape index (κ3) is 4.86. The third-order valence-electron chi connectivity index (χ3n) is 3.49. The van der Waals surface area contributed by atoms with E-state index in [1.54, 1.807) is 11.3 Å². The molecule has 0 aliphatic rings. The van der Waals surface area contributed by atoms with Crippen LogP contribution >= 0.6 is 23.1 Å². The van der Waals surface area contributed by atoms with Gasteiger partial charge >= 0.3 is 0 Å². The van der Waals surface area contributed by atoms with E-state index in [2.05, 4.69) is 15.5 Å². The number of ether oxygens (including phenoxy) is 1. The van der Waals surface area contributed by atoms with E-state index in [0.29, 0.717) is 17.7 Å². The average molecular weight is 390 g/mol. The maximum atomic E-state index is 12.1. The van der Waals surface area contributed by atoms with Crippen LogP contribution in [0.3, 0.4) is 0 Å². The quantitative estimate of drug-likeness (QED) is 0.583. The second-order valence-electron chi connectivity index (χ2n) is 5.42. The normalized spacial score (nSPS) is 11.9. The van der Waals surface area contributed by atoms with E-state index in [-0.39, 0.29) is 17.7 Å². The van der Waals surface area contributed by atoms with Gasteiger partial charge in [0.1, 0.15) is 5.75 Å². The van der Waals surface area contributed by atoms with Crippen LogP contribution in [0.1, 0.15) is 24.8 Å². The number of amides is 1. The summed E-state index contributed by atoms with van der Waals surface area (Å²) in [6.07, 6.45) is 0. The van der Waals surface area contributed by atoms with Crippen LogP contribution in [0.4, 0.5) is 0 Å². The highest BCUT2D eigenvalue weighted by atomic mass is 32.2. The molecule has 2 aromatic heterocycles. The Morgan fingerprint density at radius 2 is 2.12 bits per heavy atom. The number of aromatic nitrogens is 2. The Hall–Kier alpha value is -2.32. The standard InChI is InChI=1S/C18H19N3O3S2/c1-3-23-14-8-6-13(7-9-14)17-20-21-18(24-17)26-11-16(22)19-12(2)15-5-4-10-25-15/h4-10,12H,3,11H2,1-2H3,(H,19,22)/t12-/m1/s1. The van der Waals surface area contributed by atoms with Crippen molar-refractivity contribution in [2.75, 3.05) is 12.4 Å². The van der Waals surface area contributed by atoms with Crippen LogP contribution < -0.4 is 10.1 Å². The van der Waals surface area contributed by atoms with Crippen LogP contribution in [0, 0.1) is 0 Å². The molecule has 0 aliphatic heterocycles. The van der Waals surface area contributed by atoms with Gasteiger partial charge in [0.25, 0.3) is 5.22 Å². The first-order chi connectivity index (χ1) is 12.7. The Labute approximate surface area is 160 Å². The van der Waals surface area contributed by atoms with Crippen LogP contribution in [-0.4, -0.2) is 28.5 Å². The van der Waals surface area contributed by atoms with E-state index < -0.39 is 0 Å². The van der Waals surface area contributed by atoms with Gasteiger partial charge in [-0.1, -0.05) is 17.8 Å². The van der Waals surface area contributed by atoms with Gasteiger partial charge in [-0.15, -0.1) is 21.5 Å². The van der Waals surface area contributed by atoms with Crippen molar-refractivity contribution in [3.8, 4) is 17.2 Å². The van der Waals surface area contributed by atoms with Crippen molar-refractivity contribution in [2.45, 2.75) is 25.1 Å². The molecule has 3 aromatic rings. The van der Waals surface area contributed by atoms with E-state index in [1.807, 2.05) is 55.6 Å². The predicted octanol–water partition coefficient (Wildman–Crippen LogP) is 4.17. The van der Waals surface area contributed by atoms with Crippen LogP contribution in [0.5, 0.6) is 5.75 Å². The Balaban J connectivity index is 1.52. The van der Waals surface area contributed by atoms with Crippen LogP contribution in [0.2, 0.25) is 0 Å². The van der Waals surface area contributed by atoms with E-state index in [0.717, 1.165) is 16.2 Å². The first-order valence-electron chi connectivity index (χ1n) is 8.18. The summed E-state index contributed by atoms with van der Waals surface area (Å²) >= 11 is 2.84. The van der Waals surface area contributed by atoms with Gasteiger partial charge in [0.05, 0.1) is 18.4 Å². The molecular formula is C18H19N3O3S2. The van der Waals surface area contributed by atoms with Crippen molar-refractivity contribution >= 4 is 29.0 Å². The van der Waals surface area contributed by atoms with E-state index >= 15 is 0 Å². The molecule has 1 aromatic carbocycles. The summed E-state index contributed by atoms with van der Waals surface area (Å²) in [5.74, 6) is 1.36. The number of carbonyl (C=O) groups is 1. The Bertz CT molecular complexity index is 832. The monoisotopic (exact) mass is 389 g/mol. The lowest BCUT2D eigenvalue weighted by Crippen LogP contribution is -2.27. The lowest BCUT2D eigenvalue weighted by atomic mass is 10.2. The van der Waals surface area contributed by atoms with Gasteiger partial charge in [-0.05, 0) is 49.6 Å². The first kappa shape index (κ1) is 18.5. The molecule has 2 heterocycles. The van der Waals surface area contributed by atoms with Crippen molar-refractivity contribution in [1.29, 1.82) is 0 Å².